The maximum atomic E-state index is 12.5. The number of nitrogens with one attached hydrogen (secondary N) is 2. The summed E-state index contributed by atoms with van der Waals surface area (Å²) >= 11 is 0. The topological polar surface area (TPSA) is 101 Å². The first-order valence-electron chi connectivity index (χ1n) is 10.2. The standard InChI is InChI=1S/C24H31N3O4/c1-16(2)18-12-19(14-25-13-18)22(29)26-15-21(28)20(11-17-9-7-6-8-10-17)27-23(30)31-24(3,4)5/h6-10,12-14,20-21,28H,1,11,15H2,2-5H3,(H,26,29)(H,27,30)/t20-,21+/m0/s1. The number of benzene rings is 1. The van der Waals surface area contributed by atoms with Gasteiger partial charge in [0.2, 0.25) is 0 Å². The summed E-state index contributed by atoms with van der Waals surface area (Å²) in [7, 11) is 0. The van der Waals surface area contributed by atoms with Crippen LogP contribution in [0.2, 0.25) is 0 Å². The molecular weight excluding hydrogens is 394 g/mol. The molecule has 0 aliphatic heterocycles. The van der Waals surface area contributed by atoms with Crippen LogP contribution in [0.5, 0.6) is 0 Å². The van der Waals surface area contributed by atoms with E-state index >= 15 is 0 Å². The molecule has 7 heteroatoms. The van der Waals surface area contributed by atoms with Gasteiger partial charge in [-0.1, -0.05) is 36.9 Å². The number of amides is 2. The quantitative estimate of drug-likeness (QED) is 0.602. The van der Waals surface area contributed by atoms with Crippen LogP contribution in [0.1, 0.15) is 49.2 Å². The van der Waals surface area contributed by atoms with Crippen LogP contribution in [0, 0.1) is 0 Å². The molecule has 1 aromatic heterocycles. The minimum absolute atomic E-state index is 0.0522. The second kappa shape index (κ2) is 10.7. The van der Waals surface area contributed by atoms with Gasteiger partial charge in [0.1, 0.15) is 5.60 Å². The Labute approximate surface area is 183 Å². The lowest BCUT2D eigenvalue weighted by molar-refractivity contribution is 0.0422. The summed E-state index contributed by atoms with van der Waals surface area (Å²) in [5.41, 5.74) is 2.20. The highest BCUT2D eigenvalue weighted by molar-refractivity contribution is 5.94. The highest BCUT2D eigenvalue weighted by Gasteiger charge is 2.25. The van der Waals surface area contributed by atoms with Crippen molar-refractivity contribution in [3.8, 4) is 0 Å². The van der Waals surface area contributed by atoms with Crippen molar-refractivity contribution in [1.29, 1.82) is 0 Å². The molecule has 0 unspecified atom stereocenters. The van der Waals surface area contributed by atoms with Crippen LogP contribution in [0.25, 0.3) is 5.57 Å². The molecule has 0 saturated carbocycles. The van der Waals surface area contributed by atoms with Crippen molar-refractivity contribution in [3.63, 3.8) is 0 Å². The molecule has 0 fully saturated rings. The number of pyridine rings is 1. The second-order valence-electron chi connectivity index (χ2n) is 8.46. The molecule has 31 heavy (non-hydrogen) atoms. The predicted molar refractivity (Wildman–Crippen MR) is 121 cm³/mol. The van der Waals surface area contributed by atoms with E-state index in [1.54, 1.807) is 33.0 Å². The number of nitrogens with zero attached hydrogens (tertiary/aromatic N) is 1. The predicted octanol–water partition coefficient (Wildman–Crippen LogP) is 3.34. The lowest BCUT2D eigenvalue weighted by Crippen LogP contribution is -2.50. The summed E-state index contributed by atoms with van der Waals surface area (Å²) in [4.78, 5) is 28.8. The van der Waals surface area contributed by atoms with Crippen molar-refractivity contribution in [2.75, 3.05) is 6.54 Å². The van der Waals surface area contributed by atoms with Gasteiger partial charge in [-0.05, 0) is 56.9 Å². The Hall–Kier alpha value is -3.19. The Morgan fingerprint density at radius 3 is 2.42 bits per heavy atom. The molecule has 1 aromatic carbocycles. The van der Waals surface area contributed by atoms with E-state index in [0.717, 1.165) is 16.7 Å². The summed E-state index contributed by atoms with van der Waals surface area (Å²) in [5, 5.41) is 16.2. The van der Waals surface area contributed by atoms with E-state index < -0.39 is 23.8 Å². The highest BCUT2D eigenvalue weighted by atomic mass is 16.6. The van der Waals surface area contributed by atoms with E-state index in [0.29, 0.717) is 12.0 Å². The molecule has 7 nitrogen and oxygen atoms in total. The van der Waals surface area contributed by atoms with Gasteiger partial charge in [-0.25, -0.2) is 4.79 Å². The fourth-order valence-corrected chi connectivity index (χ4v) is 2.85. The number of allylic oxidation sites excluding steroid dienone is 1. The van der Waals surface area contributed by atoms with Gasteiger partial charge >= 0.3 is 6.09 Å². The first-order valence-corrected chi connectivity index (χ1v) is 10.2. The Kier molecular flexibility index (Phi) is 8.33. The number of aliphatic hydroxyl groups excluding tert-OH is 1. The molecule has 2 aromatic rings. The summed E-state index contributed by atoms with van der Waals surface area (Å²) < 4.78 is 5.32. The van der Waals surface area contributed by atoms with E-state index in [-0.39, 0.29) is 12.5 Å². The molecule has 0 aliphatic rings. The van der Waals surface area contributed by atoms with Gasteiger partial charge in [0.25, 0.3) is 5.91 Å². The largest absolute Gasteiger partial charge is 0.444 e. The summed E-state index contributed by atoms with van der Waals surface area (Å²) in [6.07, 6.45) is 1.80. The number of carbonyl (C=O) groups excluding carboxylic acids is 2. The van der Waals surface area contributed by atoms with Crippen molar-refractivity contribution in [3.05, 3.63) is 72.1 Å². The van der Waals surface area contributed by atoms with Gasteiger partial charge in [-0.15, -0.1) is 0 Å². The molecule has 1 heterocycles. The van der Waals surface area contributed by atoms with E-state index in [1.165, 1.54) is 6.20 Å². The second-order valence-corrected chi connectivity index (χ2v) is 8.46. The maximum absolute atomic E-state index is 12.5. The smallest absolute Gasteiger partial charge is 0.407 e. The highest BCUT2D eigenvalue weighted by Crippen LogP contribution is 2.12. The number of rotatable bonds is 8. The van der Waals surface area contributed by atoms with Crippen LogP contribution in [-0.2, 0) is 11.2 Å². The molecule has 2 amide bonds. The van der Waals surface area contributed by atoms with Crippen molar-refractivity contribution in [2.45, 2.75) is 51.9 Å². The number of aliphatic hydroxyl groups is 1. The SMILES string of the molecule is C=C(C)c1cncc(C(=O)NC[C@@H](O)[C@H](Cc2ccccc2)NC(=O)OC(C)(C)C)c1. The number of hydrogen-bond acceptors (Lipinski definition) is 5. The molecule has 2 rings (SSSR count). The Morgan fingerprint density at radius 2 is 1.81 bits per heavy atom. The first kappa shape index (κ1) is 24.1. The molecule has 166 valence electrons. The molecule has 0 aliphatic carbocycles. The molecule has 0 saturated heterocycles. The van der Waals surface area contributed by atoms with Crippen LogP contribution in [0.4, 0.5) is 4.79 Å². The van der Waals surface area contributed by atoms with E-state index in [2.05, 4.69) is 22.2 Å². The molecule has 0 spiro atoms. The van der Waals surface area contributed by atoms with Crippen molar-refractivity contribution in [2.24, 2.45) is 0 Å². The van der Waals surface area contributed by atoms with Gasteiger partial charge in [0, 0.05) is 18.9 Å². The normalized spacial score (nSPS) is 13.1. The van der Waals surface area contributed by atoms with Crippen molar-refractivity contribution >= 4 is 17.6 Å². The van der Waals surface area contributed by atoms with Crippen molar-refractivity contribution < 1.29 is 19.4 Å². The summed E-state index contributed by atoms with van der Waals surface area (Å²) in [5.74, 6) is -0.370. The zero-order valence-corrected chi connectivity index (χ0v) is 18.5. The number of ether oxygens (including phenoxy) is 1. The van der Waals surface area contributed by atoms with Gasteiger partial charge in [0.05, 0.1) is 17.7 Å². The minimum atomic E-state index is -1.03. The van der Waals surface area contributed by atoms with Gasteiger partial charge in [-0.2, -0.15) is 0 Å². The third-order valence-corrected chi connectivity index (χ3v) is 4.43. The molecule has 2 atom stereocenters. The Balaban J connectivity index is 2.06. The van der Waals surface area contributed by atoms with Crippen LogP contribution in [-0.4, -0.2) is 46.4 Å². The van der Waals surface area contributed by atoms with Crippen LogP contribution < -0.4 is 10.6 Å². The zero-order chi connectivity index (χ0) is 23.0. The average molecular weight is 426 g/mol. The monoisotopic (exact) mass is 425 g/mol. The first-order chi connectivity index (χ1) is 14.5. The fraction of sp³-hybridized carbons (Fsp3) is 0.375. The van der Waals surface area contributed by atoms with E-state index in [9.17, 15) is 14.7 Å². The average Bonchev–Trinajstić information content (AvgIpc) is 2.70. The lowest BCUT2D eigenvalue weighted by Gasteiger charge is -2.27. The lowest BCUT2D eigenvalue weighted by atomic mass is 10.0. The number of alkyl carbamates (subject to hydrolysis) is 1. The van der Waals surface area contributed by atoms with Gasteiger partial charge in [-0.3, -0.25) is 9.78 Å². The van der Waals surface area contributed by atoms with Crippen LogP contribution in [0.15, 0.2) is 55.4 Å². The number of aromatic nitrogens is 1. The molecule has 0 bridgehead atoms. The molecule has 0 radical (unpaired) electrons. The molecular formula is C24H31N3O4. The third-order valence-electron chi connectivity index (χ3n) is 4.43. The zero-order valence-electron chi connectivity index (χ0n) is 18.5. The Bertz CT molecular complexity index is 907. The number of carbonyl (C=O) groups is 2. The third kappa shape index (κ3) is 8.22. The van der Waals surface area contributed by atoms with E-state index in [1.807, 2.05) is 37.3 Å². The fourth-order valence-electron chi connectivity index (χ4n) is 2.85. The number of hydrogen-bond donors (Lipinski definition) is 3. The summed E-state index contributed by atoms with van der Waals surface area (Å²) in [6.45, 7) is 10.9. The van der Waals surface area contributed by atoms with Crippen molar-refractivity contribution in [1.82, 2.24) is 15.6 Å². The minimum Gasteiger partial charge on any atom is -0.444 e. The van der Waals surface area contributed by atoms with Crippen LogP contribution >= 0.6 is 0 Å². The van der Waals surface area contributed by atoms with Gasteiger partial charge < -0.3 is 20.5 Å². The maximum Gasteiger partial charge on any atom is 0.407 e. The Morgan fingerprint density at radius 1 is 1.16 bits per heavy atom. The van der Waals surface area contributed by atoms with Crippen LogP contribution in [0.3, 0.4) is 0 Å². The summed E-state index contributed by atoms with van der Waals surface area (Å²) in [6, 6.07) is 10.5. The van der Waals surface area contributed by atoms with Gasteiger partial charge in [0.15, 0.2) is 0 Å². The van der Waals surface area contributed by atoms with E-state index in [4.69, 9.17) is 4.74 Å². The molecule has 3 N–H and O–H groups in total.